The van der Waals surface area contributed by atoms with E-state index in [0.717, 1.165) is 13.1 Å². The Balaban J connectivity index is 0.00000242. The first-order valence-corrected chi connectivity index (χ1v) is 7.65. The number of amides is 2. The molecule has 136 valence electrons. The normalized spacial score (nSPS) is 19.7. The first kappa shape index (κ1) is 22.4. The van der Waals surface area contributed by atoms with E-state index in [1.807, 2.05) is 4.90 Å². The fourth-order valence-corrected chi connectivity index (χ4v) is 2.89. The van der Waals surface area contributed by atoms with Gasteiger partial charge in [-0.05, 0) is 25.9 Å². The lowest BCUT2D eigenvalue weighted by molar-refractivity contribution is -0.141. The summed E-state index contributed by atoms with van der Waals surface area (Å²) in [6, 6.07) is -0.609. The van der Waals surface area contributed by atoms with Crippen molar-refractivity contribution in [2.45, 2.75) is 18.9 Å². The molecule has 1 atom stereocenters. The predicted molar refractivity (Wildman–Crippen MR) is 93.2 cm³/mol. The van der Waals surface area contributed by atoms with Crippen molar-refractivity contribution < 1.29 is 14.3 Å². The number of piperazine rings is 1. The van der Waals surface area contributed by atoms with Gasteiger partial charge in [0.1, 0.15) is 6.04 Å². The van der Waals surface area contributed by atoms with Crippen LogP contribution in [0, 0.1) is 0 Å². The zero-order valence-electron chi connectivity index (χ0n) is 13.6. The maximum absolute atomic E-state index is 12.2. The number of hydrogen-bond donors (Lipinski definition) is 1. The van der Waals surface area contributed by atoms with Crippen LogP contribution in [0.1, 0.15) is 12.8 Å². The molecular formula is C14H28Cl2N4O3. The molecule has 0 spiro atoms. The zero-order valence-corrected chi connectivity index (χ0v) is 15.2. The standard InChI is InChI=1S/C14H26N4O3.2ClH/c1-21-11-12(15)14(20)18-8-6-17(7-9-18)13(19)10-16-4-2-3-5-16;;/h12H,2-11,15H2,1H3;2*1H. The number of likely N-dealkylation sites (tertiary alicyclic amines) is 1. The second-order valence-electron chi connectivity index (χ2n) is 5.75. The maximum atomic E-state index is 12.2. The summed E-state index contributed by atoms with van der Waals surface area (Å²) in [4.78, 5) is 30.0. The molecule has 0 radical (unpaired) electrons. The van der Waals surface area contributed by atoms with Gasteiger partial charge >= 0.3 is 0 Å². The highest BCUT2D eigenvalue weighted by atomic mass is 35.5. The quantitative estimate of drug-likeness (QED) is 0.710. The summed E-state index contributed by atoms with van der Waals surface area (Å²) in [7, 11) is 1.53. The summed E-state index contributed by atoms with van der Waals surface area (Å²) in [5, 5.41) is 0. The molecule has 0 aromatic heterocycles. The molecule has 7 nitrogen and oxygen atoms in total. The molecule has 2 N–H and O–H groups in total. The van der Waals surface area contributed by atoms with Gasteiger partial charge in [-0.25, -0.2) is 0 Å². The Morgan fingerprint density at radius 1 is 1.00 bits per heavy atom. The molecule has 2 fully saturated rings. The molecular weight excluding hydrogens is 343 g/mol. The van der Waals surface area contributed by atoms with E-state index in [2.05, 4.69) is 4.90 Å². The van der Waals surface area contributed by atoms with Gasteiger partial charge in [-0.2, -0.15) is 0 Å². The summed E-state index contributed by atoms with van der Waals surface area (Å²) >= 11 is 0. The fraction of sp³-hybridized carbons (Fsp3) is 0.857. The minimum absolute atomic E-state index is 0. The molecule has 9 heteroatoms. The van der Waals surface area contributed by atoms with Gasteiger partial charge in [-0.15, -0.1) is 24.8 Å². The van der Waals surface area contributed by atoms with Gasteiger partial charge in [0.05, 0.1) is 13.2 Å². The average Bonchev–Trinajstić information content (AvgIpc) is 3.00. The number of nitrogens with zero attached hydrogens (tertiary/aromatic N) is 3. The molecule has 2 aliphatic heterocycles. The van der Waals surface area contributed by atoms with Gasteiger partial charge in [0, 0.05) is 33.3 Å². The maximum Gasteiger partial charge on any atom is 0.241 e. The SMILES string of the molecule is COCC(N)C(=O)N1CCN(C(=O)CN2CCCC2)CC1.Cl.Cl. The van der Waals surface area contributed by atoms with Crippen molar-refractivity contribution in [2.75, 3.05) is 59.5 Å². The number of nitrogens with two attached hydrogens (primary N) is 1. The minimum Gasteiger partial charge on any atom is -0.383 e. The lowest BCUT2D eigenvalue weighted by Crippen LogP contribution is -2.56. The second kappa shape index (κ2) is 11.0. The molecule has 2 rings (SSSR count). The summed E-state index contributed by atoms with van der Waals surface area (Å²) in [5.41, 5.74) is 5.76. The van der Waals surface area contributed by atoms with Crippen molar-refractivity contribution in [1.29, 1.82) is 0 Å². The monoisotopic (exact) mass is 370 g/mol. The van der Waals surface area contributed by atoms with Crippen molar-refractivity contribution in [1.82, 2.24) is 14.7 Å². The average molecular weight is 371 g/mol. The third-order valence-electron chi connectivity index (χ3n) is 4.17. The molecule has 0 aliphatic carbocycles. The van der Waals surface area contributed by atoms with Crippen molar-refractivity contribution >= 4 is 36.6 Å². The molecule has 23 heavy (non-hydrogen) atoms. The van der Waals surface area contributed by atoms with Gasteiger partial charge in [-0.3, -0.25) is 14.5 Å². The molecule has 0 bridgehead atoms. The molecule has 2 heterocycles. The highest BCUT2D eigenvalue weighted by molar-refractivity contribution is 5.85. The fourth-order valence-electron chi connectivity index (χ4n) is 2.89. The van der Waals surface area contributed by atoms with Crippen LogP contribution in [0.2, 0.25) is 0 Å². The van der Waals surface area contributed by atoms with Crippen LogP contribution >= 0.6 is 24.8 Å². The Hall–Kier alpha value is -0.600. The van der Waals surface area contributed by atoms with Gasteiger partial charge < -0.3 is 20.3 Å². The van der Waals surface area contributed by atoms with Crippen LogP contribution in [-0.2, 0) is 14.3 Å². The highest BCUT2D eigenvalue weighted by Crippen LogP contribution is 2.09. The number of methoxy groups -OCH3 is 1. The number of carbonyl (C=O) groups excluding carboxylic acids is 2. The van der Waals surface area contributed by atoms with Crippen LogP contribution in [0.3, 0.4) is 0 Å². The Bertz CT molecular complexity index is 373. The summed E-state index contributed by atoms with van der Waals surface area (Å²) in [6.45, 7) is 5.09. The number of ether oxygens (including phenoxy) is 1. The second-order valence-corrected chi connectivity index (χ2v) is 5.75. The van der Waals surface area contributed by atoms with Gasteiger partial charge in [0.25, 0.3) is 0 Å². The van der Waals surface area contributed by atoms with E-state index in [4.69, 9.17) is 10.5 Å². The molecule has 1 unspecified atom stereocenters. The highest BCUT2D eigenvalue weighted by Gasteiger charge is 2.28. The van der Waals surface area contributed by atoms with Crippen molar-refractivity contribution in [3.05, 3.63) is 0 Å². The number of carbonyl (C=O) groups is 2. The first-order valence-electron chi connectivity index (χ1n) is 7.65. The van der Waals surface area contributed by atoms with Crippen LogP contribution in [0.25, 0.3) is 0 Å². The number of rotatable bonds is 5. The summed E-state index contributed by atoms with van der Waals surface area (Å²) in [5.74, 6) is 0.0775. The van der Waals surface area contributed by atoms with E-state index in [1.165, 1.54) is 20.0 Å². The number of halogens is 2. The lowest BCUT2D eigenvalue weighted by atomic mass is 10.2. The molecule has 0 aromatic rings. The van der Waals surface area contributed by atoms with Crippen LogP contribution in [0.4, 0.5) is 0 Å². The Morgan fingerprint density at radius 3 is 2.04 bits per heavy atom. The predicted octanol–water partition coefficient (Wildman–Crippen LogP) is -0.430. The topological polar surface area (TPSA) is 79.1 Å². The van der Waals surface area contributed by atoms with Gasteiger partial charge in [0.15, 0.2) is 0 Å². The molecule has 0 aromatic carbocycles. The van der Waals surface area contributed by atoms with E-state index in [-0.39, 0.29) is 43.2 Å². The zero-order chi connectivity index (χ0) is 15.2. The third-order valence-corrected chi connectivity index (χ3v) is 4.17. The van der Waals surface area contributed by atoms with E-state index >= 15 is 0 Å². The minimum atomic E-state index is -0.609. The van der Waals surface area contributed by atoms with E-state index < -0.39 is 6.04 Å². The Morgan fingerprint density at radius 2 is 1.52 bits per heavy atom. The molecule has 0 saturated carbocycles. The van der Waals surface area contributed by atoms with E-state index in [1.54, 1.807) is 4.90 Å². The van der Waals surface area contributed by atoms with Gasteiger partial charge in [0.2, 0.25) is 11.8 Å². The largest absolute Gasteiger partial charge is 0.383 e. The smallest absolute Gasteiger partial charge is 0.241 e. The van der Waals surface area contributed by atoms with Gasteiger partial charge in [-0.1, -0.05) is 0 Å². The van der Waals surface area contributed by atoms with E-state index in [0.29, 0.717) is 32.7 Å². The molecule has 2 aliphatic rings. The van der Waals surface area contributed by atoms with Crippen molar-refractivity contribution in [2.24, 2.45) is 5.73 Å². The van der Waals surface area contributed by atoms with Crippen LogP contribution < -0.4 is 5.73 Å². The van der Waals surface area contributed by atoms with Crippen LogP contribution in [-0.4, -0.2) is 92.1 Å². The van der Waals surface area contributed by atoms with Crippen molar-refractivity contribution in [3.8, 4) is 0 Å². The molecule has 2 saturated heterocycles. The Labute approximate surface area is 150 Å². The number of hydrogen-bond acceptors (Lipinski definition) is 5. The van der Waals surface area contributed by atoms with E-state index in [9.17, 15) is 9.59 Å². The van der Waals surface area contributed by atoms with Crippen LogP contribution in [0.15, 0.2) is 0 Å². The third kappa shape index (κ3) is 6.43. The van der Waals surface area contributed by atoms with Crippen LogP contribution in [0.5, 0.6) is 0 Å². The summed E-state index contributed by atoms with van der Waals surface area (Å²) in [6.07, 6.45) is 2.37. The Kier molecular flexibility index (Phi) is 10.8. The lowest BCUT2D eigenvalue weighted by Gasteiger charge is -2.36. The van der Waals surface area contributed by atoms with Crippen molar-refractivity contribution in [3.63, 3.8) is 0 Å². The molecule has 2 amide bonds. The summed E-state index contributed by atoms with van der Waals surface area (Å²) < 4.78 is 4.91. The first-order chi connectivity index (χ1) is 10.1.